The molecule has 0 amide bonds. The molecular weight excluding hydrogens is 246 g/mol. The Hall–Kier alpha value is -0.750. The highest BCUT2D eigenvalue weighted by Crippen LogP contribution is 2.12. The molecule has 0 saturated carbocycles. The van der Waals surface area contributed by atoms with Crippen molar-refractivity contribution < 1.29 is 13.7 Å². The average molecular weight is 261 g/mol. The molecule has 2 unspecified atom stereocenters. The summed E-state index contributed by atoms with van der Waals surface area (Å²) in [5.41, 5.74) is 0.943. The maximum absolute atomic E-state index is 11.7. The summed E-state index contributed by atoms with van der Waals surface area (Å²) in [4.78, 5) is 15.4. The van der Waals surface area contributed by atoms with E-state index < -0.39 is 10.8 Å². The Morgan fingerprint density at radius 3 is 2.88 bits per heavy atom. The van der Waals surface area contributed by atoms with Crippen molar-refractivity contribution in [2.24, 2.45) is 5.92 Å². The molecule has 0 radical (unpaired) electrons. The van der Waals surface area contributed by atoms with Gasteiger partial charge in [0.2, 0.25) is 0 Å². The first-order chi connectivity index (χ1) is 7.52. The number of nitrogens with zero attached hydrogens (tertiary/aromatic N) is 1. The molecule has 16 heavy (non-hydrogen) atoms. The van der Waals surface area contributed by atoms with Crippen LogP contribution in [-0.4, -0.2) is 28.0 Å². The molecular formula is C10H15NO3S2. The quantitative estimate of drug-likeness (QED) is 0.754. The molecule has 2 atom stereocenters. The first-order valence-corrected chi connectivity index (χ1v) is 7.23. The van der Waals surface area contributed by atoms with Crippen molar-refractivity contribution >= 4 is 28.1 Å². The molecule has 0 fully saturated rings. The summed E-state index contributed by atoms with van der Waals surface area (Å²) in [5, 5.41) is 2.78. The second-order valence-electron chi connectivity index (χ2n) is 3.56. The van der Waals surface area contributed by atoms with Crippen LogP contribution in [-0.2, 0) is 26.1 Å². The molecule has 0 aromatic carbocycles. The third kappa shape index (κ3) is 4.02. The van der Waals surface area contributed by atoms with Gasteiger partial charge in [0.1, 0.15) is 5.01 Å². The smallest absolute Gasteiger partial charge is 0.309 e. The van der Waals surface area contributed by atoms with E-state index in [4.69, 9.17) is 0 Å². The Bertz CT molecular complexity index is 389. The van der Waals surface area contributed by atoms with E-state index in [2.05, 4.69) is 9.72 Å². The molecule has 0 aliphatic rings. The summed E-state index contributed by atoms with van der Waals surface area (Å²) in [5.74, 6) is 0.0982. The van der Waals surface area contributed by atoms with E-state index in [0.29, 0.717) is 11.5 Å². The van der Waals surface area contributed by atoms with Crippen molar-refractivity contribution in [1.82, 2.24) is 4.98 Å². The van der Waals surface area contributed by atoms with Gasteiger partial charge in [0.15, 0.2) is 0 Å². The number of thiazole rings is 1. The lowest BCUT2D eigenvalue weighted by atomic mass is 10.2. The zero-order chi connectivity index (χ0) is 12.1. The number of carbonyl (C=O) groups excluding carboxylic acids is 1. The van der Waals surface area contributed by atoms with E-state index >= 15 is 0 Å². The van der Waals surface area contributed by atoms with E-state index in [0.717, 1.165) is 10.7 Å². The van der Waals surface area contributed by atoms with E-state index in [1.54, 1.807) is 6.92 Å². The largest absolute Gasteiger partial charge is 0.469 e. The zero-order valence-electron chi connectivity index (χ0n) is 9.56. The highest BCUT2D eigenvalue weighted by molar-refractivity contribution is 7.84. The summed E-state index contributed by atoms with van der Waals surface area (Å²) in [6.45, 7) is 3.62. The second-order valence-corrected chi connectivity index (χ2v) is 6.00. The minimum atomic E-state index is -1.06. The van der Waals surface area contributed by atoms with Gasteiger partial charge in [0, 0.05) is 27.6 Å². The van der Waals surface area contributed by atoms with Crippen LogP contribution in [0.2, 0.25) is 0 Å². The summed E-state index contributed by atoms with van der Waals surface area (Å²) < 4.78 is 16.3. The molecule has 0 spiro atoms. The fourth-order valence-corrected chi connectivity index (χ4v) is 3.59. The third-order valence-corrected chi connectivity index (χ3v) is 4.61. The number of ether oxygens (including phenoxy) is 1. The number of hydrogen-bond donors (Lipinski definition) is 0. The van der Waals surface area contributed by atoms with Crippen LogP contribution < -0.4 is 0 Å². The summed E-state index contributed by atoms with van der Waals surface area (Å²) in [6.07, 6.45) is 0. The normalized spacial score (nSPS) is 14.4. The van der Waals surface area contributed by atoms with Gasteiger partial charge in [-0.25, -0.2) is 4.98 Å². The number of carbonyl (C=O) groups is 1. The average Bonchev–Trinajstić information content (AvgIpc) is 2.62. The lowest BCUT2D eigenvalue weighted by molar-refractivity contribution is -0.144. The molecule has 1 heterocycles. The van der Waals surface area contributed by atoms with Crippen LogP contribution in [0.3, 0.4) is 0 Å². The molecule has 1 aromatic heterocycles. The van der Waals surface area contributed by atoms with E-state index in [1.807, 2.05) is 12.3 Å². The first-order valence-electron chi connectivity index (χ1n) is 4.86. The van der Waals surface area contributed by atoms with Gasteiger partial charge in [-0.1, -0.05) is 6.92 Å². The van der Waals surface area contributed by atoms with Crippen LogP contribution in [0.5, 0.6) is 0 Å². The van der Waals surface area contributed by atoms with Gasteiger partial charge in [0.05, 0.1) is 18.8 Å². The van der Waals surface area contributed by atoms with Crippen molar-refractivity contribution in [1.29, 1.82) is 0 Å². The van der Waals surface area contributed by atoms with Crippen LogP contribution in [0.4, 0.5) is 0 Å². The Morgan fingerprint density at radius 1 is 1.69 bits per heavy atom. The molecule has 1 aromatic rings. The number of esters is 1. The SMILES string of the molecule is COC(=O)C(C)CS(=O)Cc1nc(C)cs1. The number of aromatic nitrogens is 1. The summed E-state index contributed by atoms with van der Waals surface area (Å²) >= 11 is 1.50. The molecule has 0 N–H and O–H groups in total. The second kappa shape index (κ2) is 6.10. The first kappa shape index (κ1) is 13.3. The highest BCUT2D eigenvalue weighted by Gasteiger charge is 2.17. The van der Waals surface area contributed by atoms with Gasteiger partial charge in [-0.15, -0.1) is 11.3 Å². The van der Waals surface area contributed by atoms with Gasteiger partial charge < -0.3 is 4.74 Å². The predicted octanol–water partition coefficient (Wildman–Crippen LogP) is 1.51. The van der Waals surface area contributed by atoms with Crippen LogP contribution >= 0.6 is 11.3 Å². The van der Waals surface area contributed by atoms with Crippen molar-refractivity contribution in [2.45, 2.75) is 19.6 Å². The molecule has 6 heteroatoms. The lowest BCUT2D eigenvalue weighted by Crippen LogP contribution is -2.20. The predicted molar refractivity (Wildman–Crippen MR) is 64.7 cm³/mol. The van der Waals surface area contributed by atoms with Gasteiger partial charge in [-0.05, 0) is 6.92 Å². The monoisotopic (exact) mass is 261 g/mol. The van der Waals surface area contributed by atoms with Gasteiger partial charge in [-0.3, -0.25) is 9.00 Å². The molecule has 4 nitrogen and oxygen atoms in total. The molecule has 0 aliphatic heterocycles. The van der Waals surface area contributed by atoms with Crippen molar-refractivity contribution in [3.8, 4) is 0 Å². The van der Waals surface area contributed by atoms with Crippen LogP contribution in [0.15, 0.2) is 5.38 Å². The van der Waals surface area contributed by atoms with Crippen molar-refractivity contribution in [3.05, 3.63) is 16.1 Å². The van der Waals surface area contributed by atoms with Gasteiger partial charge in [0.25, 0.3) is 0 Å². The van der Waals surface area contributed by atoms with Crippen molar-refractivity contribution in [3.63, 3.8) is 0 Å². The minimum absolute atomic E-state index is 0.316. The summed E-state index contributed by atoms with van der Waals surface area (Å²) in [7, 11) is 0.276. The summed E-state index contributed by atoms with van der Waals surface area (Å²) in [6, 6.07) is 0. The lowest BCUT2D eigenvalue weighted by Gasteiger charge is -2.07. The van der Waals surface area contributed by atoms with Crippen molar-refractivity contribution in [2.75, 3.05) is 12.9 Å². The maximum Gasteiger partial charge on any atom is 0.309 e. The Labute approximate surface area is 101 Å². The third-order valence-electron chi connectivity index (χ3n) is 1.99. The number of hydrogen-bond acceptors (Lipinski definition) is 5. The molecule has 90 valence electrons. The topological polar surface area (TPSA) is 56.3 Å². The minimum Gasteiger partial charge on any atom is -0.469 e. The molecule has 0 aliphatic carbocycles. The van der Waals surface area contributed by atoms with Crippen LogP contribution in [0.25, 0.3) is 0 Å². The fraction of sp³-hybridized carbons (Fsp3) is 0.600. The number of aryl methyl sites for hydroxylation is 1. The molecule has 0 saturated heterocycles. The van der Waals surface area contributed by atoms with Gasteiger partial charge in [-0.2, -0.15) is 0 Å². The maximum atomic E-state index is 11.7. The number of rotatable bonds is 5. The van der Waals surface area contributed by atoms with E-state index in [1.165, 1.54) is 18.4 Å². The van der Waals surface area contributed by atoms with Crippen LogP contribution in [0, 0.1) is 12.8 Å². The highest BCUT2D eigenvalue weighted by atomic mass is 32.2. The fourth-order valence-electron chi connectivity index (χ4n) is 1.21. The molecule has 0 bridgehead atoms. The van der Waals surface area contributed by atoms with Crippen LogP contribution in [0.1, 0.15) is 17.6 Å². The standard InChI is InChI=1S/C10H15NO3S2/c1-7(10(12)14-3)5-16(13)6-9-11-8(2)4-15-9/h4,7H,5-6H2,1-3H3. The molecule has 1 rings (SSSR count). The van der Waals surface area contributed by atoms with Gasteiger partial charge >= 0.3 is 5.97 Å². The number of methoxy groups -OCH3 is 1. The Kier molecular flexibility index (Phi) is 5.08. The zero-order valence-corrected chi connectivity index (χ0v) is 11.2. The Morgan fingerprint density at radius 2 is 2.38 bits per heavy atom. The Balaban J connectivity index is 2.45. The van der Waals surface area contributed by atoms with E-state index in [-0.39, 0.29) is 11.9 Å². The van der Waals surface area contributed by atoms with E-state index in [9.17, 15) is 9.00 Å².